The molecule has 0 saturated carbocycles. The van der Waals surface area contributed by atoms with Gasteiger partial charge in [0.1, 0.15) is 6.10 Å². The molecule has 5 nitrogen and oxygen atoms in total. The molecule has 0 N–H and O–H groups in total. The summed E-state index contributed by atoms with van der Waals surface area (Å²) >= 11 is 0. The molecule has 1 fully saturated rings. The quantitative estimate of drug-likeness (QED) is 0.578. The molecule has 1 atom stereocenters. The molecule has 1 saturated heterocycles. The van der Waals surface area contributed by atoms with Crippen molar-refractivity contribution in [3.05, 3.63) is 0 Å². The Bertz CT molecular complexity index is 264. The number of hydrogen-bond donors (Lipinski definition) is 0. The van der Waals surface area contributed by atoms with Crippen molar-refractivity contribution in [2.24, 2.45) is 0 Å². The molecule has 0 bridgehead atoms. The number of rotatable bonds is 10. The van der Waals surface area contributed by atoms with Gasteiger partial charge in [-0.15, -0.1) is 0 Å². The lowest BCUT2D eigenvalue weighted by Crippen LogP contribution is -2.57. The zero-order valence-electron chi connectivity index (χ0n) is 14.3. The zero-order chi connectivity index (χ0) is 15.8. The van der Waals surface area contributed by atoms with Crippen LogP contribution >= 0.6 is 0 Å². The SMILES string of the molecule is CCC[Si](OCC)(OCC)OC(C)C1(CC)OCCCO1. The van der Waals surface area contributed by atoms with Gasteiger partial charge in [0.15, 0.2) is 5.79 Å². The standard InChI is InChI=1S/C15H32O5Si/c1-6-13-21(18-8-3,19-9-4)20-14(5)15(7-2)16-11-10-12-17-15/h14H,6-13H2,1-5H3. The Balaban J connectivity index is 2.83. The summed E-state index contributed by atoms with van der Waals surface area (Å²) in [4.78, 5) is 0. The third-order valence-corrected chi connectivity index (χ3v) is 7.02. The molecule has 126 valence electrons. The van der Waals surface area contributed by atoms with Gasteiger partial charge in [0, 0.05) is 25.7 Å². The summed E-state index contributed by atoms with van der Waals surface area (Å²) in [6.07, 6.45) is 2.45. The van der Waals surface area contributed by atoms with Gasteiger partial charge in [0.2, 0.25) is 0 Å². The highest BCUT2D eigenvalue weighted by atomic mass is 28.4. The summed E-state index contributed by atoms with van der Waals surface area (Å²) in [6.45, 7) is 12.8. The summed E-state index contributed by atoms with van der Waals surface area (Å²) in [5.41, 5.74) is 0. The fourth-order valence-corrected chi connectivity index (χ4v) is 5.57. The smallest absolute Gasteiger partial charge is 0.374 e. The molecule has 0 amide bonds. The van der Waals surface area contributed by atoms with E-state index in [9.17, 15) is 0 Å². The second-order valence-electron chi connectivity index (χ2n) is 5.27. The van der Waals surface area contributed by atoms with Crippen molar-refractivity contribution >= 4 is 8.80 Å². The van der Waals surface area contributed by atoms with Gasteiger partial charge in [-0.3, -0.25) is 0 Å². The van der Waals surface area contributed by atoms with E-state index in [1.54, 1.807) is 0 Å². The fourth-order valence-electron chi connectivity index (χ4n) is 2.73. The predicted molar refractivity (Wildman–Crippen MR) is 84.2 cm³/mol. The first-order chi connectivity index (χ1) is 10.1. The van der Waals surface area contributed by atoms with E-state index in [1.807, 2.05) is 20.8 Å². The molecule has 1 aliphatic rings. The largest absolute Gasteiger partial charge is 0.501 e. The highest BCUT2D eigenvalue weighted by molar-refractivity contribution is 6.60. The topological polar surface area (TPSA) is 46.2 Å². The maximum Gasteiger partial charge on any atom is 0.501 e. The molecular formula is C15H32O5Si. The van der Waals surface area contributed by atoms with E-state index in [0.717, 1.165) is 25.3 Å². The summed E-state index contributed by atoms with van der Waals surface area (Å²) in [6, 6.07) is 0.818. The van der Waals surface area contributed by atoms with Crippen molar-refractivity contribution in [2.75, 3.05) is 26.4 Å². The minimum Gasteiger partial charge on any atom is -0.374 e. The van der Waals surface area contributed by atoms with E-state index in [1.165, 1.54) is 0 Å². The second kappa shape index (κ2) is 9.22. The van der Waals surface area contributed by atoms with Crippen LogP contribution in [-0.2, 0) is 22.8 Å². The van der Waals surface area contributed by atoms with E-state index < -0.39 is 14.6 Å². The maximum absolute atomic E-state index is 6.34. The van der Waals surface area contributed by atoms with Gasteiger partial charge < -0.3 is 22.8 Å². The average Bonchev–Trinajstić information content (AvgIpc) is 2.48. The van der Waals surface area contributed by atoms with E-state index in [4.69, 9.17) is 22.8 Å². The summed E-state index contributed by atoms with van der Waals surface area (Å²) in [5, 5.41) is 0. The van der Waals surface area contributed by atoms with Crippen LogP contribution in [0.3, 0.4) is 0 Å². The summed E-state index contributed by atoms with van der Waals surface area (Å²) < 4.78 is 30.1. The highest BCUT2D eigenvalue weighted by Gasteiger charge is 2.48. The molecular weight excluding hydrogens is 288 g/mol. The molecule has 0 aliphatic carbocycles. The van der Waals surface area contributed by atoms with E-state index in [2.05, 4.69) is 13.8 Å². The Labute approximate surface area is 130 Å². The monoisotopic (exact) mass is 320 g/mol. The molecule has 0 radical (unpaired) electrons. The van der Waals surface area contributed by atoms with Crippen molar-refractivity contribution in [1.29, 1.82) is 0 Å². The highest BCUT2D eigenvalue weighted by Crippen LogP contribution is 2.32. The summed E-state index contributed by atoms with van der Waals surface area (Å²) in [7, 11) is -2.67. The predicted octanol–water partition coefficient (Wildman–Crippen LogP) is 3.36. The number of ether oxygens (including phenoxy) is 2. The first-order valence-electron chi connectivity index (χ1n) is 8.31. The molecule has 1 rings (SSSR count). The van der Waals surface area contributed by atoms with Crippen LogP contribution < -0.4 is 0 Å². The van der Waals surface area contributed by atoms with Crippen molar-refractivity contribution in [2.45, 2.75) is 71.8 Å². The Kier molecular flexibility index (Phi) is 8.37. The molecule has 21 heavy (non-hydrogen) atoms. The van der Waals surface area contributed by atoms with E-state index in [-0.39, 0.29) is 6.10 Å². The van der Waals surface area contributed by atoms with Crippen LogP contribution in [0, 0.1) is 0 Å². The van der Waals surface area contributed by atoms with Crippen molar-refractivity contribution in [3.63, 3.8) is 0 Å². The number of hydrogen-bond acceptors (Lipinski definition) is 5. The minimum atomic E-state index is -2.67. The summed E-state index contributed by atoms with van der Waals surface area (Å²) in [5.74, 6) is -0.668. The molecule has 1 unspecified atom stereocenters. The lowest BCUT2D eigenvalue weighted by atomic mass is 10.1. The molecule has 6 heteroatoms. The van der Waals surface area contributed by atoms with Gasteiger partial charge in [0.05, 0.1) is 13.2 Å². The average molecular weight is 321 g/mol. The molecule has 0 aromatic rings. The molecule has 0 aromatic heterocycles. The van der Waals surface area contributed by atoms with Gasteiger partial charge in [-0.1, -0.05) is 20.3 Å². The lowest BCUT2D eigenvalue weighted by molar-refractivity contribution is -0.305. The van der Waals surface area contributed by atoms with Crippen LogP contribution in [0.25, 0.3) is 0 Å². The van der Waals surface area contributed by atoms with Crippen LogP contribution in [0.5, 0.6) is 0 Å². The lowest BCUT2D eigenvalue weighted by Gasteiger charge is -2.43. The van der Waals surface area contributed by atoms with Crippen LogP contribution in [-0.4, -0.2) is 47.1 Å². The van der Waals surface area contributed by atoms with Gasteiger partial charge in [-0.25, -0.2) is 0 Å². The van der Waals surface area contributed by atoms with Gasteiger partial charge in [-0.2, -0.15) is 0 Å². The van der Waals surface area contributed by atoms with Crippen molar-refractivity contribution in [1.82, 2.24) is 0 Å². The van der Waals surface area contributed by atoms with Crippen LogP contribution in [0.15, 0.2) is 0 Å². The molecule has 0 spiro atoms. The first-order valence-corrected chi connectivity index (χ1v) is 10.2. The Morgan fingerprint density at radius 1 is 1.05 bits per heavy atom. The van der Waals surface area contributed by atoms with Crippen LogP contribution in [0.2, 0.25) is 6.04 Å². The molecule has 0 aromatic carbocycles. The van der Waals surface area contributed by atoms with E-state index in [0.29, 0.717) is 26.4 Å². The van der Waals surface area contributed by atoms with Gasteiger partial charge in [-0.05, 0) is 27.2 Å². The van der Waals surface area contributed by atoms with Gasteiger partial charge in [0.25, 0.3) is 0 Å². The van der Waals surface area contributed by atoms with Crippen LogP contribution in [0.1, 0.15) is 53.9 Å². The third kappa shape index (κ3) is 5.01. The van der Waals surface area contributed by atoms with Gasteiger partial charge >= 0.3 is 8.80 Å². The first kappa shape index (κ1) is 19.1. The Morgan fingerprint density at radius 3 is 2.05 bits per heavy atom. The normalized spacial score (nSPS) is 20.4. The minimum absolute atomic E-state index is 0.209. The second-order valence-corrected chi connectivity index (χ2v) is 7.95. The maximum atomic E-state index is 6.34. The third-order valence-electron chi connectivity index (χ3n) is 3.73. The fraction of sp³-hybridized carbons (Fsp3) is 1.00. The van der Waals surface area contributed by atoms with E-state index >= 15 is 0 Å². The Morgan fingerprint density at radius 2 is 1.62 bits per heavy atom. The molecule has 1 heterocycles. The Hall–Kier alpha value is 0.0169. The zero-order valence-corrected chi connectivity index (χ0v) is 15.3. The molecule has 1 aliphatic heterocycles. The van der Waals surface area contributed by atoms with Crippen molar-refractivity contribution in [3.8, 4) is 0 Å². The van der Waals surface area contributed by atoms with Crippen LogP contribution in [0.4, 0.5) is 0 Å². The van der Waals surface area contributed by atoms with Crippen molar-refractivity contribution < 1.29 is 22.8 Å².